The molecular weight excluding hydrogens is 302 g/mol. The van der Waals surface area contributed by atoms with E-state index in [0.717, 1.165) is 43.0 Å². The lowest BCUT2D eigenvalue weighted by molar-refractivity contribution is -0.122. The predicted molar refractivity (Wildman–Crippen MR) is 89.1 cm³/mol. The lowest BCUT2D eigenvalue weighted by Gasteiger charge is -2.25. The van der Waals surface area contributed by atoms with Gasteiger partial charge in [0.05, 0.1) is 11.6 Å². The van der Waals surface area contributed by atoms with Crippen molar-refractivity contribution in [1.29, 1.82) is 5.26 Å². The maximum absolute atomic E-state index is 12.2. The van der Waals surface area contributed by atoms with Gasteiger partial charge in [0.1, 0.15) is 11.6 Å². The molecule has 3 rings (SSSR count). The van der Waals surface area contributed by atoms with E-state index in [2.05, 4.69) is 33.1 Å². The number of rotatable bonds is 5. The Labute approximate surface area is 141 Å². The highest BCUT2D eigenvalue weighted by Crippen LogP contribution is 2.16. The molecule has 0 bridgehead atoms. The monoisotopic (exact) mass is 323 g/mol. The summed E-state index contributed by atoms with van der Waals surface area (Å²) in [6.45, 7) is 2.82. The highest BCUT2D eigenvalue weighted by Gasteiger charge is 2.23. The van der Waals surface area contributed by atoms with E-state index in [1.165, 1.54) is 0 Å². The zero-order valence-corrected chi connectivity index (χ0v) is 13.8. The second-order valence-electron chi connectivity index (χ2n) is 6.11. The number of hydrogen-bond donors (Lipinski definition) is 1. The molecule has 1 N–H and O–H groups in total. The van der Waals surface area contributed by atoms with E-state index in [-0.39, 0.29) is 11.9 Å². The van der Waals surface area contributed by atoms with E-state index >= 15 is 0 Å². The normalized spacial score (nSPS) is 16.2. The molecule has 1 aromatic carbocycles. The molecule has 2 heterocycles. The standard InChI is InChI=1S/C18H21N5O/c1-2-16-21-22-17-9-8-15(12-23(16)17)20-18(24)10-7-13-3-5-14(11-19)6-4-13/h3-6,15H,2,7-10,12H2,1H3,(H,20,24)/t15-/m0/s1. The summed E-state index contributed by atoms with van der Waals surface area (Å²) in [5.74, 6) is 2.08. The fourth-order valence-electron chi connectivity index (χ4n) is 3.07. The van der Waals surface area contributed by atoms with Crippen LogP contribution < -0.4 is 5.32 Å². The maximum atomic E-state index is 12.2. The molecule has 1 aliphatic rings. The van der Waals surface area contributed by atoms with Gasteiger partial charge in [0.15, 0.2) is 0 Å². The summed E-state index contributed by atoms with van der Waals surface area (Å²) < 4.78 is 2.13. The van der Waals surface area contributed by atoms with Crippen molar-refractivity contribution in [3.63, 3.8) is 0 Å². The molecule has 0 saturated heterocycles. The second-order valence-corrected chi connectivity index (χ2v) is 6.11. The average molecular weight is 323 g/mol. The number of benzene rings is 1. The molecule has 1 amide bonds. The van der Waals surface area contributed by atoms with E-state index in [0.29, 0.717) is 18.4 Å². The summed E-state index contributed by atoms with van der Waals surface area (Å²) in [5, 5.41) is 20.3. The van der Waals surface area contributed by atoms with Crippen LogP contribution in [-0.4, -0.2) is 26.7 Å². The molecule has 1 atom stereocenters. The molecule has 0 radical (unpaired) electrons. The van der Waals surface area contributed by atoms with Crippen LogP contribution in [-0.2, 0) is 30.6 Å². The van der Waals surface area contributed by atoms with Gasteiger partial charge in [-0.15, -0.1) is 10.2 Å². The molecule has 2 aromatic rings. The molecule has 0 saturated carbocycles. The third-order valence-corrected chi connectivity index (χ3v) is 4.43. The van der Waals surface area contributed by atoms with Crippen LogP contribution in [0.25, 0.3) is 0 Å². The Balaban J connectivity index is 1.51. The number of amides is 1. The molecule has 0 fully saturated rings. The van der Waals surface area contributed by atoms with Gasteiger partial charge in [0, 0.05) is 31.8 Å². The van der Waals surface area contributed by atoms with E-state index < -0.39 is 0 Å². The Morgan fingerprint density at radius 3 is 2.88 bits per heavy atom. The van der Waals surface area contributed by atoms with Crippen LogP contribution in [0.15, 0.2) is 24.3 Å². The van der Waals surface area contributed by atoms with Gasteiger partial charge in [-0.05, 0) is 30.5 Å². The number of nitrogens with zero attached hydrogens (tertiary/aromatic N) is 4. The van der Waals surface area contributed by atoms with Crippen LogP contribution in [0, 0.1) is 11.3 Å². The van der Waals surface area contributed by atoms with Gasteiger partial charge >= 0.3 is 0 Å². The Kier molecular flexibility index (Phi) is 4.90. The average Bonchev–Trinajstić information content (AvgIpc) is 3.02. The Hall–Kier alpha value is -2.68. The Morgan fingerprint density at radius 2 is 2.17 bits per heavy atom. The van der Waals surface area contributed by atoms with Gasteiger partial charge in [-0.3, -0.25) is 4.79 Å². The SMILES string of the molecule is CCc1nnc2n1C[C@@H](NC(=O)CCc1ccc(C#N)cc1)CC2. The molecule has 1 aromatic heterocycles. The number of nitriles is 1. The summed E-state index contributed by atoms with van der Waals surface area (Å²) in [4.78, 5) is 12.2. The third-order valence-electron chi connectivity index (χ3n) is 4.43. The number of hydrogen-bond acceptors (Lipinski definition) is 4. The Bertz CT molecular complexity index is 743. The summed E-state index contributed by atoms with van der Waals surface area (Å²) in [5.41, 5.74) is 1.71. The summed E-state index contributed by atoms with van der Waals surface area (Å²) in [6, 6.07) is 9.63. The number of aromatic nitrogens is 3. The molecular formula is C18H21N5O. The number of carbonyl (C=O) groups is 1. The van der Waals surface area contributed by atoms with Crippen molar-refractivity contribution in [2.45, 2.75) is 51.6 Å². The first-order valence-electron chi connectivity index (χ1n) is 8.39. The quantitative estimate of drug-likeness (QED) is 0.909. The minimum absolute atomic E-state index is 0.0685. The first kappa shape index (κ1) is 16.2. The van der Waals surface area contributed by atoms with Crippen molar-refractivity contribution in [1.82, 2.24) is 20.1 Å². The van der Waals surface area contributed by atoms with Crippen LogP contribution in [0.2, 0.25) is 0 Å². The zero-order chi connectivity index (χ0) is 16.9. The lowest BCUT2D eigenvalue weighted by Crippen LogP contribution is -2.41. The van der Waals surface area contributed by atoms with Crippen molar-refractivity contribution in [3.05, 3.63) is 47.0 Å². The summed E-state index contributed by atoms with van der Waals surface area (Å²) in [6.07, 6.45) is 3.75. The van der Waals surface area contributed by atoms with E-state index in [1.807, 2.05) is 12.1 Å². The van der Waals surface area contributed by atoms with Crippen molar-refractivity contribution in [3.8, 4) is 6.07 Å². The van der Waals surface area contributed by atoms with Gasteiger partial charge < -0.3 is 9.88 Å². The summed E-state index contributed by atoms with van der Waals surface area (Å²) in [7, 11) is 0. The molecule has 6 heteroatoms. The summed E-state index contributed by atoms with van der Waals surface area (Å²) >= 11 is 0. The van der Waals surface area contributed by atoms with Crippen LogP contribution in [0.4, 0.5) is 0 Å². The lowest BCUT2D eigenvalue weighted by atomic mass is 10.1. The largest absolute Gasteiger partial charge is 0.352 e. The fourth-order valence-corrected chi connectivity index (χ4v) is 3.07. The minimum atomic E-state index is 0.0685. The first-order valence-corrected chi connectivity index (χ1v) is 8.39. The van der Waals surface area contributed by atoms with Crippen molar-refractivity contribution >= 4 is 5.91 Å². The molecule has 6 nitrogen and oxygen atoms in total. The highest BCUT2D eigenvalue weighted by molar-refractivity contribution is 5.76. The van der Waals surface area contributed by atoms with Crippen LogP contribution in [0.5, 0.6) is 0 Å². The van der Waals surface area contributed by atoms with Crippen LogP contribution >= 0.6 is 0 Å². The number of aryl methyl sites for hydroxylation is 3. The van der Waals surface area contributed by atoms with Crippen LogP contribution in [0.3, 0.4) is 0 Å². The van der Waals surface area contributed by atoms with Gasteiger partial charge in [0.25, 0.3) is 0 Å². The second kappa shape index (κ2) is 7.26. The van der Waals surface area contributed by atoms with Gasteiger partial charge in [0.2, 0.25) is 5.91 Å². The maximum Gasteiger partial charge on any atom is 0.220 e. The first-order chi connectivity index (χ1) is 11.7. The van der Waals surface area contributed by atoms with E-state index in [4.69, 9.17) is 5.26 Å². The molecule has 0 unspecified atom stereocenters. The minimum Gasteiger partial charge on any atom is -0.352 e. The zero-order valence-electron chi connectivity index (χ0n) is 13.8. The molecule has 0 spiro atoms. The van der Waals surface area contributed by atoms with E-state index in [1.54, 1.807) is 12.1 Å². The van der Waals surface area contributed by atoms with E-state index in [9.17, 15) is 4.79 Å². The van der Waals surface area contributed by atoms with Gasteiger partial charge in [-0.25, -0.2) is 0 Å². The molecule has 124 valence electrons. The third kappa shape index (κ3) is 3.62. The number of nitrogens with one attached hydrogen (secondary N) is 1. The van der Waals surface area contributed by atoms with Gasteiger partial charge in [-0.1, -0.05) is 19.1 Å². The van der Waals surface area contributed by atoms with Crippen LogP contribution in [0.1, 0.15) is 42.5 Å². The predicted octanol–water partition coefficient (Wildman–Crippen LogP) is 1.78. The molecule has 1 aliphatic heterocycles. The van der Waals surface area contributed by atoms with Crippen molar-refractivity contribution in [2.75, 3.05) is 0 Å². The van der Waals surface area contributed by atoms with Gasteiger partial charge in [-0.2, -0.15) is 5.26 Å². The topological polar surface area (TPSA) is 83.6 Å². The Morgan fingerprint density at radius 1 is 1.38 bits per heavy atom. The fraction of sp³-hybridized carbons (Fsp3) is 0.444. The number of carbonyl (C=O) groups excluding carboxylic acids is 1. The van der Waals surface area contributed by atoms with Crippen molar-refractivity contribution in [2.24, 2.45) is 0 Å². The molecule has 0 aliphatic carbocycles. The number of fused-ring (bicyclic) bond motifs is 1. The molecule has 24 heavy (non-hydrogen) atoms. The van der Waals surface area contributed by atoms with Crippen molar-refractivity contribution < 1.29 is 4.79 Å². The smallest absolute Gasteiger partial charge is 0.220 e. The highest BCUT2D eigenvalue weighted by atomic mass is 16.1.